The lowest BCUT2D eigenvalue weighted by molar-refractivity contribution is 0.456. The van der Waals surface area contributed by atoms with Gasteiger partial charge in [0.2, 0.25) is 0 Å². The predicted octanol–water partition coefficient (Wildman–Crippen LogP) is 1.66. The van der Waals surface area contributed by atoms with Gasteiger partial charge in [0, 0.05) is 25.1 Å². The molecule has 1 aromatic rings. The van der Waals surface area contributed by atoms with Gasteiger partial charge in [0.15, 0.2) is 0 Å². The zero-order valence-electron chi connectivity index (χ0n) is 6.52. The first-order valence-electron chi connectivity index (χ1n) is 3.65. The fraction of sp³-hybridized carbons (Fsp3) is 0.500. The summed E-state index contributed by atoms with van der Waals surface area (Å²) in [5.41, 5.74) is 1.34. The Kier molecular flexibility index (Phi) is 2.58. The molecule has 0 aliphatic carbocycles. The number of hydrogen-bond acceptors (Lipinski definition) is 2. The Morgan fingerprint density at radius 1 is 1.55 bits per heavy atom. The maximum absolute atomic E-state index is 5.47. The van der Waals surface area contributed by atoms with Gasteiger partial charge in [-0.25, -0.2) is 0 Å². The SMILES string of the molecule is Cc1cc2c(o1)CCNC2.Cl. The van der Waals surface area contributed by atoms with E-state index in [0.717, 1.165) is 25.3 Å². The van der Waals surface area contributed by atoms with Crippen LogP contribution in [0.3, 0.4) is 0 Å². The third-order valence-corrected chi connectivity index (χ3v) is 1.86. The molecule has 1 aliphatic heterocycles. The summed E-state index contributed by atoms with van der Waals surface area (Å²) in [6.45, 7) is 4.03. The van der Waals surface area contributed by atoms with Gasteiger partial charge in [-0.2, -0.15) is 0 Å². The van der Waals surface area contributed by atoms with Crippen molar-refractivity contribution in [3.8, 4) is 0 Å². The van der Waals surface area contributed by atoms with E-state index >= 15 is 0 Å². The number of nitrogens with one attached hydrogen (secondary N) is 1. The van der Waals surface area contributed by atoms with Crippen molar-refractivity contribution in [2.45, 2.75) is 19.9 Å². The van der Waals surface area contributed by atoms with Crippen LogP contribution in [0.4, 0.5) is 0 Å². The maximum atomic E-state index is 5.47. The van der Waals surface area contributed by atoms with E-state index in [9.17, 15) is 0 Å². The largest absolute Gasteiger partial charge is 0.466 e. The minimum absolute atomic E-state index is 0. The molecule has 2 heterocycles. The second kappa shape index (κ2) is 3.28. The molecule has 0 spiro atoms. The standard InChI is InChI=1S/C8H11NO.ClH/c1-6-4-7-5-9-3-2-8(7)10-6;/h4,9H,2-3,5H2,1H3;1H. The molecule has 0 fully saturated rings. The van der Waals surface area contributed by atoms with E-state index in [4.69, 9.17) is 4.42 Å². The van der Waals surface area contributed by atoms with Crippen LogP contribution in [0.15, 0.2) is 10.5 Å². The van der Waals surface area contributed by atoms with Crippen molar-refractivity contribution in [2.75, 3.05) is 6.54 Å². The molecule has 3 heteroatoms. The molecule has 0 radical (unpaired) electrons. The van der Waals surface area contributed by atoms with E-state index in [-0.39, 0.29) is 12.4 Å². The van der Waals surface area contributed by atoms with Crippen LogP contribution >= 0.6 is 12.4 Å². The van der Waals surface area contributed by atoms with Gasteiger partial charge >= 0.3 is 0 Å². The number of furan rings is 1. The quantitative estimate of drug-likeness (QED) is 0.646. The Balaban J connectivity index is 0.000000605. The molecule has 0 unspecified atom stereocenters. The Bertz CT molecular complexity index is 221. The van der Waals surface area contributed by atoms with Crippen LogP contribution in [0, 0.1) is 6.92 Å². The Hall–Kier alpha value is -0.470. The zero-order valence-corrected chi connectivity index (χ0v) is 7.33. The van der Waals surface area contributed by atoms with E-state index in [1.807, 2.05) is 6.92 Å². The van der Waals surface area contributed by atoms with Crippen LogP contribution in [0.25, 0.3) is 0 Å². The summed E-state index contributed by atoms with van der Waals surface area (Å²) in [5.74, 6) is 2.21. The van der Waals surface area contributed by atoms with Gasteiger partial charge in [-0.05, 0) is 13.0 Å². The number of aryl methyl sites for hydroxylation is 1. The van der Waals surface area contributed by atoms with Crippen molar-refractivity contribution in [1.29, 1.82) is 0 Å². The van der Waals surface area contributed by atoms with E-state index in [2.05, 4.69) is 11.4 Å². The number of hydrogen-bond donors (Lipinski definition) is 1. The van der Waals surface area contributed by atoms with Gasteiger partial charge in [-0.1, -0.05) is 0 Å². The van der Waals surface area contributed by atoms with Gasteiger partial charge in [-0.15, -0.1) is 12.4 Å². The van der Waals surface area contributed by atoms with Crippen molar-refractivity contribution in [3.05, 3.63) is 23.2 Å². The molecule has 0 saturated heterocycles. The summed E-state index contributed by atoms with van der Waals surface area (Å²) in [7, 11) is 0. The van der Waals surface area contributed by atoms with Crippen molar-refractivity contribution >= 4 is 12.4 Å². The Labute approximate surface area is 72.4 Å². The summed E-state index contributed by atoms with van der Waals surface area (Å²) in [5, 5.41) is 3.29. The van der Waals surface area contributed by atoms with Crippen molar-refractivity contribution in [3.63, 3.8) is 0 Å². The van der Waals surface area contributed by atoms with Gasteiger partial charge in [-0.3, -0.25) is 0 Å². The molecule has 0 bridgehead atoms. The molecule has 2 nitrogen and oxygen atoms in total. The van der Waals surface area contributed by atoms with E-state index < -0.39 is 0 Å². The Morgan fingerprint density at radius 2 is 2.36 bits per heavy atom. The molecule has 11 heavy (non-hydrogen) atoms. The van der Waals surface area contributed by atoms with E-state index in [0.29, 0.717) is 0 Å². The van der Waals surface area contributed by atoms with Gasteiger partial charge in [0.25, 0.3) is 0 Å². The molecule has 0 saturated carbocycles. The molecular formula is C8H12ClNO. The third kappa shape index (κ3) is 1.57. The molecule has 1 N–H and O–H groups in total. The van der Waals surface area contributed by atoms with Crippen LogP contribution in [0.5, 0.6) is 0 Å². The highest BCUT2D eigenvalue weighted by atomic mass is 35.5. The lowest BCUT2D eigenvalue weighted by Gasteiger charge is -2.09. The normalized spacial score (nSPS) is 15.4. The van der Waals surface area contributed by atoms with E-state index in [1.54, 1.807) is 0 Å². The van der Waals surface area contributed by atoms with Crippen molar-refractivity contribution < 1.29 is 4.42 Å². The van der Waals surface area contributed by atoms with E-state index in [1.165, 1.54) is 11.3 Å². The molecule has 62 valence electrons. The first kappa shape index (κ1) is 8.62. The summed E-state index contributed by atoms with van der Waals surface area (Å²) in [6.07, 6.45) is 1.04. The van der Waals surface area contributed by atoms with Crippen LogP contribution in [0.2, 0.25) is 0 Å². The maximum Gasteiger partial charge on any atom is 0.109 e. The molecule has 0 atom stereocenters. The van der Waals surface area contributed by atoms with Gasteiger partial charge in [0.1, 0.15) is 11.5 Å². The lowest BCUT2D eigenvalue weighted by atomic mass is 10.1. The minimum Gasteiger partial charge on any atom is -0.466 e. The van der Waals surface area contributed by atoms with Crippen LogP contribution in [-0.4, -0.2) is 6.54 Å². The smallest absolute Gasteiger partial charge is 0.109 e. The minimum atomic E-state index is 0. The molecule has 0 aromatic carbocycles. The van der Waals surface area contributed by atoms with Crippen molar-refractivity contribution in [2.24, 2.45) is 0 Å². The zero-order chi connectivity index (χ0) is 6.97. The highest BCUT2D eigenvalue weighted by Gasteiger charge is 2.11. The third-order valence-electron chi connectivity index (χ3n) is 1.86. The molecular weight excluding hydrogens is 162 g/mol. The molecule has 0 amide bonds. The van der Waals surface area contributed by atoms with Crippen molar-refractivity contribution in [1.82, 2.24) is 5.32 Å². The number of rotatable bonds is 0. The highest BCUT2D eigenvalue weighted by Crippen LogP contribution is 2.17. The highest BCUT2D eigenvalue weighted by molar-refractivity contribution is 5.85. The molecule has 1 aromatic heterocycles. The summed E-state index contributed by atoms with van der Waals surface area (Å²) in [6, 6.07) is 2.11. The fourth-order valence-corrected chi connectivity index (χ4v) is 1.40. The summed E-state index contributed by atoms with van der Waals surface area (Å²) < 4.78 is 5.47. The first-order chi connectivity index (χ1) is 4.86. The second-order valence-corrected chi connectivity index (χ2v) is 2.73. The second-order valence-electron chi connectivity index (χ2n) is 2.73. The average Bonchev–Trinajstić information content (AvgIpc) is 2.27. The molecule has 1 aliphatic rings. The first-order valence-corrected chi connectivity index (χ1v) is 3.65. The van der Waals surface area contributed by atoms with Gasteiger partial charge in [0.05, 0.1) is 0 Å². The topological polar surface area (TPSA) is 25.2 Å². The number of fused-ring (bicyclic) bond motifs is 1. The fourth-order valence-electron chi connectivity index (χ4n) is 1.40. The van der Waals surface area contributed by atoms with Crippen LogP contribution in [0.1, 0.15) is 17.1 Å². The number of halogens is 1. The Morgan fingerprint density at radius 3 is 3.09 bits per heavy atom. The molecule has 2 rings (SSSR count). The summed E-state index contributed by atoms with van der Waals surface area (Å²) in [4.78, 5) is 0. The van der Waals surface area contributed by atoms with Crippen LogP contribution in [-0.2, 0) is 13.0 Å². The monoisotopic (exact) mass is 173 g/mol. The summed E-state index contributed by atoms with van der Waals surface area (Å²) >= 11 is 0. The average molecular weight is 174 g/mol. The van der Waals surface area contributed by atoms with Gasteiger partial charge < -0.3 is 9.73 Å². The predicted molar refractivity (Wildman–Crippen MR) is 46.1 cm³/mol. The van der Waals surface area contributed by atoms with Crippen LogP contribution < -0.4 is 5.32 Å². The lowest BCUT2D eigenvalue weighted by Crippen LogP contribution is -2.22.